The van der Waals surface area contributed by atoms with Crippen LogP contribution in [0.4, 0.5) is 0 Å². The summed E-state index contributed by atoms with van der Waals surface area (Å²) in [6.07, 6.45) is -0.0556. The van der Waals surface area contributed by atoms with Crippen LogP contribution in [-0.2, 0) is 0 Å². The number of nitrogens with two attached hydrogens (primary N) is 1. The fraction of sp³-hybridized carbons (Fsp3) is 0.875. The molecule has 0 aromatic rings. The number of nitrogens with one attached hydrogen (secondary N) is 1. The highest BCUT2D eigenvalue weighted by molar-refractivity contribution is 5.82. The second kappa shape index (κ2) is 5.11. The van der Waals surface area contributed by atoms with E-state index in [1.165, 1.54) is 0 Å². The summed E-state index contributed by atoms with van der Waals surface area (Å²) >= 11 is 0. The fourth-order valence-electron chi connectivity index (χ4n) is 1.37. The zero-order chi connectivity index (χ0) is 9.72. The van der Waals surface area contributed by atoms with Gasteiger partial charge in [-0.2, -0.15) is 0 Å². The number of hydrogen-bond acceptors (Lipinski definition) is 3. The molecule has 1 atom stereocenters. The number of nitrogens with zero attached hydrogens (tertiary/aromatic N) is 2. The van der Waals surface area contributed by atoms with Crippen molar-refractivity contribution in [1.29, 1.82) is 5.41 Å². The van der Waals surface area contributed by atoms with Gasteiger partial charge in [-0.15, -0.1) is 0 Å². The van der Waals surface area contributed by atoms with Crippen molar-refractivity contribution in [2.24, 2.45) is 5.73 Å². The Morgan fingerprint density at radius 3 is 1.83 bits per heavy atom. The topological polar surface area (TPSA) is 56.4 Å². The highest BCUT2D eigenvalue weighted by Crippen LogP contribution is 2.00. The van der Waals surface area contributed by atoms with E-state index < -0.39 is 0 Å². The van der Waals surface area contributed by atoms with Gasteiger partial charge in [-0.1, -0.05) is 13.8 Å². The molecule has 0 heterocycles. The number of hydrogen-bond donors (Lipinski definition) is 2. The molecule has 3 N–H and O–H groups in total. The SMILES string of the molecule is CCN(CC)C(C(=N)N)N(C)C. The average Bonchev–Trinajstić information content (AvgIpc) is 1.98. The molecular formula is C8H20N4. The van der Waals surface area contributed by atoms with Crippen LogP contribution in [0.25, 0.3) is 0 Å². The van der Waals surface area contributed by atoms with Gasteiger partial charge in [-0.25, -0.2) is 0 Å². The van der Waals surface area contributed by atoms with Crippen molar-refractivity contribution in [3.05, 3.63) is 0 Å². The summed E-state index contributed by atoms with van der Waals surface area (Å²) in [4.78, 5) is 4.09. The molecule has 72 valence electrons. The Hall–Kier alpha value is -0.610. The highest BCUT2D eigenvalue weighted by Gasteiger charge is 2.20. The molecule has 1 unspecified atom stereocenters. The highest BCUT2D eigenvalue weighted by atomic mass is 15.3. The summed E-state index contributed by atoms with van der Waals surface area (Å²) in [5.41, 5.74) is 5.49. The van der Waals surface area contributed by atoms with Crippen LogP contribution in [0.3, 0.4) is 0 Å². The summed E-state index contributed by atoms with van der Waals surface area (Å²) < 4.78 is 0. The Balaban J connectivity index is 4.36. The second-order valence-corrected chi connectivity index (χ2v) is 3.01. The Morgan fingerprint density at radius 2 is 1.75 bits per heavy atom. The first-order valence-corrected chi connectivity index (χ1v) is 4.28. The van der Waals surface area contributed by atoms with Crippen molar-refractivity contribution < 1.29 is 0 Å². The smallest absolute Gasteiger partial charge is 0.124 e. The molecule has 4 heteroatoms. The summed E-state index contributed by atoms with van der Waals surface area (Å²) in [5.74, 6) is 0.212. The first-order valence-electron chi connectivity index (χ1n) is 4.28. The Bertz CT molecular complexity index is 140. The van der Waals surface area contributed by atoms with Crippen LogP contribution < -0.4 is 5.73 Å². The maximum Gasteiger partial charge on any atom is 0.124 e. The minimum Gasteiger partial charge on any atom is -0.385 e. The predicted octanol–water partition coefficient (Wildman–Crippen LogP) is 0.152. The van der Waals surface area contributed by atoms with Crippen LogP contribution in [-0.4, -0.2) is 49.0 Å². The lowest BCUT2D eigenvalue weighted by atomic mass is 10.3. The molecule has 0 aliphatic rings. The van der Waals surface area contributed by atoms with E-state index in [-0.39, 0.29) is 12.0 Å². The normalized spacial score (nSPS) is 13.8. The van der Waals surface area contributed by atoms with Gasteiger partial charge in [-0.3, -0.25) is 15.2 Å². The van der Waals surface area contributed by atoms with Gasteiger partial charge in [0.05, 0.1) is 0 Å². The van der Waals surface area contributed by atoms with Gasteiger partial charge >= 0.3 is 0 Å². The van der Waals surface area contributed by atoms with Crippen molar-refractivity contribution in [2.75, 3.05) is 27.2 Å². The zero-order valence-corrected chi connectivity index (χ0v) is 8.46. The van der Waals surface area contributed by atoms with Crippen molar-refractivity contribution in [1.82, 2.24) is 9.80 Å². The molecule has 0 aromatic heterocycles. The minimum absolute atomic E-state index is 0.0556. The zero-order valence-electron chi connectivity index (χ0n) is 8.46. The van der Waals surface area contributed by atoms with Gasteiger partial charge in [0.2, 0.25) is 0 Å². The average molecular weight is 172 g/mol. The van der Waals surface area contributed by atoms with Crippen LogP contribution in [0.15, 0.2) is 0 Å². The fourth-order valence-corrected chi connectivity index (χ4v) is 1.37. The molecular weight excluding hydrogens is 152 g/mol. The quantitative estimate of drug-likeness (QED) is 0.353. The van der Waals surface area contributed by atoms with Gasteiger partial charge in [0.1, 0.15) is 12.0 Å². The van der Waals surface area contributed by atoms with E-state index in [1.54, 1.807) is 0 Å². The van der Waals surface area contributed by atoms with E-state index in [2.05, 4.69) is 18.7 Å². The van der Waals surface area contributed by atoms with Gasteiger partial charge < -0.3 is 5.73 Å². The van der Waals surface area contributed by atoms with E-state index in [0.29, 0.717) is 0 Å². The summed E-state index contributed by atoms with van der Waals surface area (Å²) in [6, 6.07) is 0. The van der Waals surface area contributed by atoms with Crippen molar-refractivity contribution >= 4 is 5.84 Å². The first kappa shape index (κ1) is 11.4. The molecule has 0 amide bonds. The molecule has 0 fully saturated rings. The molecule has 0 saturated heterocycles. The molecule has 4 nitrogen and oxygen atoms in total. The number of amidine groups is 1. The Kier molecular flexibility index (Phi) is 4.85. The van der Waals surface area contributed by atoms with Crippen LogP contribution in [0, 0.1) is 5.41 Å². The molecule has 0 spiro atoms. The molecule has 12 heavy (non-hydrogen) atoms. The molecule has 0 aliphatic carbocycles. The largest absolute Gasteiger partial charge is 0.385 e. The van der Waals surface area contributed by atoms with Crippen LogP contribution >= 0.6 is 0 Å². The van der Waals surface area contributed by atoms with Crippen LogP contribution in [0.2, 0.25) is 0 Å². The van der Waals surface area contributed by atoms with E-state index in [4.69, 9.17) is 11.1 Å². The predicted molar refractivity (Wildman–Crippen MR) is 52.3 cm³/mol. The Labute approximate surface area is 74.8 Å². The maximum atomic E-state index is 7.41. The third kappa shape index (κ3) is 2.79. The van der Waals surface area contributed by atoms with E-state index in [9.17, 15) is 0 Å². The Morgan fingerprint density at radius 1 is 1.33 bits per heavy atom. The monoisotopic (exact) mass is 172 g/mol. The van der Waals surface area contributed by atoms with Gasteiger partial charge in [0.25, 0.3) is 0 Å². The van der Waals surface area contributed by atoms with Crippen LogP contribution in [0.5, 0.6) is 0 Å². The molecule has 0 saturated carbocycles. The maximum absolute atomic E-state index is 7.41. The lowest BCUT2D eigenvalue weighted by molar-refractivity contribution is 0.142. The van der Waals surface area contributed by atoms with Gasteiger partial charge in [-0.05, 0) is 27.2 Å². The van der Waals surface area contributed by atoms with Crippen molar-refractivity contribution in [3.63, 3.8) is 0 Å². The molecule has 0 aromatic carbocycles. The second-order valence-electron chi connectivity index (χ2n) is 3.01. The third-order valence-corrected chi connectivity index (χ3v) is 1.93. The van der Waals surface area contributed by atoms with Gasteiger partial charge in [0, 0.05) is 0 Å². The molecule has 0 bridgehead atoms. The van der Waals surface area contributed by atoms with Crippen LogP contribution in [0.1, 0.15) is 13.8 Å². The minimum atomic E-state index is -0.0556. The van der Waals surface area contributed by atoms with Crippen molar-refractivity contribution in [3.8, 4) is 0 Å². The first-order chi connectivity index (χ1) is 5.54. The summed E-state index contributed by atoms with van der Waals surface area (Å²) in [7, 11) is 3.87. The lowest BCUT2D eigenvalue weighted by Crippen LogP contribution is -2.52. The van der Waals surface area contributed by atoms with Crippen molar-refractivity contribution in [2.45, 2.75) is 20.0 Å². The molecule has 0 aliphatic heterocycles. The summed E-state index contributed by atoms with van der Waals surface area (Å²) in [5, 5.41) is 7.41. The number of likely N-dealkylation sites (N-methyl/N-ethyl adjacent to an activating group) is 2. The summed E-state index contributed by atoms with van der Waals surface area (Å²) in [6.45, 7) is 5.98. The van der Waals surface area contributed by atoms with E-state index in [0.717, 1.165) is 13.1 Å². The third-order valence-electron chi connectivity index (χ3n) is 1.93. The van der Waals surface area contributed by atoms with E-state index in [1.807, 2.05) is 19.0 Å². The molecule has 0 rings (SSSR count). The lowest BCUT2D eigenvalue weighted by Gasteiger charge is -2.33. The number of rotatable bonds is 5. The standard InChI is InChI=1S/C8H20N4/c1-5-12(6-2)8(7(9)10)11(3)4/h8H,5-6H2,1-4H3,(H3,9,10). The van der Waals surface area contributed by atoms with E-state index >= 15 is 0 Å². The van der Waals surface area contributed by atoms with Gasteiger partial charge in [0.15, 0.2) is 0 Å². The molecule has 0 radical (unpaired) electrons.